The number of carbonyl (C=O) groups excluding carboxylic acids is 2. The van der Waals surface area contributed by atoms with E-state index >= 15 is 0 Å². The summed E-state index contributed by atoms with van der Waals surface area (Å²) in [5, 5.41) is 3.71. The lowest BCUT2D eigenvalue weighted by atomic mass is 10.0. The minimum atomic E-state index is -3.90. The zero-order chi connectivity index (χ0) is 28.8. The van der Waals surface area contributed by atoms with Crippen LogP contribution in [0.4, 0.5) is 5.69 Å². The van der Waals surface area contributed by atoms with E-state index in [0.717, 1.165) is 21.7 Å². The lowest BCUT2D eigenvalue weighted by Gasteiger charge is -2.35. The number of benzene rings is 3. The first kappa shape index (κ1) is 30.5. The number of nitrogens with zero attached hydrogens (tertiary/aromatic N) is 2. The minimum absolute atomic E-state index is 0.0607. The number of carbonyl (C=O) groups is 2. The molecule has 0 fully saturated rings. The average Bonchev–Trinajstić information content (AvgIpc) is 2.85. The highest BCUT2D eigenvalue weighted by atomic mass is 35.5. The van der Waals surface area contributed by atoms with Crippen molar-refractivity contribution in [3.8, 4) is 0 Å². The van der Waals surface area contributed by atoms with Crippen LogP contribution in [0, 0.1) is 0 Å². The lowest BCUT2D eigenvalue weighted by Crippen LogP contribution is -2.56. The van der Waals surface area contributed by atoms with Gasteiger partial charge in [-0.1, -0.05) is 77.8 Å². The van der Waals surface area contributed by atoms with E-state index in [4.69, 9.17) is 23.2 Å². The third kappa shape index (κ3) is 8.98. The van der Waals surface area contributed by atoms with E-state index < -0.39 is 34.1 Å². The Hall–Kier alpha value is -3.07. The predicted molar refractivity (Wildman–Crippen MR) is 157 cm³/mol. The van der Waals surface area contributed by atoms with Crippen molar-refractivity contribution in [1.29, 1.82) is 0 Å². The number of rotatable bonds is 10. The zero-order valence-corrected chi connectivity index (χ0v) is 24.7. The quantitative estimate of drug-likeness (QED) is 0.347. The molecule has 0 heterocycles. The monoisotopic (exact) mass is 589 g/mol. The van der Waals surface area contributed by atoms with E-state index in [1.165, 1.54) is 11.0 Å². The fourth-order valence-corrected chi connectivity index (χ4v) is 5.32. The van der Waals surface area contributed by atoms with Gasteiger partial charge in [-0.05, 0) is 56.2 Å². The Morgan fingerprint density at radius 3 is 2.03 bits per heavy atom. The maximum absolute atomic E-state index is 14.0. The van der Waals surface area contributed by atoms with Crippen LogP contribution in [0.3, 0.4) is 0 Å². The first-order valence-corrected chi connectivity index (χ1v) is 15.0. The zero-order valence-electron chi connectivity index (χ0n) is 22.4. The fraction of sp³-hybridized carbons (Fsp3) is 0.310. The van der Waals surface area contributed by atoms with Crippen LogP contribution in [0.1, 0.15) is 31.9 Å². The summed E-state index contributed by atoms with van der Waals surface area (Å²) in [5.74, 6) is -0.905. The second kappa shape index (κ2) is 12.9. The number of halogens is 2. The van der Waals surface area contributed by atoms with Gasteiger partial charge in [-0.25, -0.2) is 8.42 Å². The molecule has 3 aromatic rings. The van der Waals surface area contributed by atoms with Crippen LogP contribution in [0.5, 0.6) is 0 Å². The van der Waals surface area contributed by atoms with Gasteiger partial charge in [0.25, 0.3) is 0 Å². The second-order valence-corrected chi connectivity index (χ2v) is 13.1. The first-order valence-electron chi connectivity index (χ1n) is 12.4. The van der Waals surface area contributed by atoms with Gasteiger partial charge in [0.1, 0.15) is 12.6 Å². The minimum Gasteiger partial charge on any atom is -0.350 e. The molecule has 0 aromatic heterocycles. The fourth-order valence-electron chi connectivity index (χ4n) is 4.04. The number of para-hydroxylation sites is 1. The molecular weight excluding hydrogens is 557 g/mol. The highest BCUT2D eigenvalue weighted by Gasteiger charge is 2.34. The lowest BCUT2D eigenvalue weighted by molar-refractivity contribution is -0.140. The van der Waals surface area contributed by atoms with Crippen LogP contribution >= 0.6 is 23.2 Å². The first-order chi connectivity index (χ1) is 18.2. The molecule has 1 atom stereocenters. The van der Waals surface area contributed by atoms with Gasteiger partial charge < -0.3 is 10.2 Å². The Morgan fingerprint density at radius 1 is 0.872 bits per heavy atom. The highest BCUT2D eigenvalue weighted by molar-refractivity contribution is 7.92. The predicted octanol–water partition coefficient (Wildman–Crippen LogP) is 5.31. The van der Waals surface area contributed by atoms with Crippen molar-refractivity contribution in [3.05, 3.63) is 100 Å². The van der Waals surface area contributed by atoms with Crippen molar-refractivity contribution in [2.75, 3.05) is 17.1 Å². The Morgan fingerprint density at radius 2 is 1.46 bits per heavy atom. The van der Waals surface area contributed by atoms with Crippen molar-refractivity contribution >= 4 is 50.7 Å². The average molecular weight is 591 g/mol. The molecule has 0 saturated carbocycles. The number of amides is 2. The number of sulfonamides is 1. The molecule has 3 aromatic carbocycles. The second-order valence-electron chi connectivity index (χ2n) is 10.3. The largest absolute Gasteiger partial charge is 0.350 e. The van der Waals surface area contributed by atoms with E-state index in [0.29, 0.717) is 5.02 Å². The molecule has 7 nitrogen and oxygen atoms in total. The van der Waals surface area contributed by atoms with Crippen LogP contribution in [0.15, 0.2) is 78.9 Å². The summed E-state index contributed by atoms with van der Waals surface area (Å²) in [6, 6.07) is 21.8. The SMILES string of the molecule is CC(C)(C)NC(=O)C(Cc1ccccc1)N(Cc1ccc(Cl)cc1)C(=O)CN(c1ccccc1Cl)S(C)(=O)=O. The molecule has 208 valence electrons. The molecule has 0 bridgehead atoms. The third-order valence-electron chi connectivity index (χ3n) is 5.84. The van der Waals surface area contributed by atoms with Gasteiger partial charge in [0.05, 0.1) is 17.0 Å². The molecule has 10 heteroatoms. The molecule has 1 N–H and O–H groups in total. The van der Waals surface area contributed by atoms with Gasteiger partial charge in [-0.15, -0.1) is 0 Å². The van der Waals surface area contributed by atoms with E-state index in [1.807, 2.05) is 51.1 Å². The summed E-state index contributed by atoms with van der Waals surface area (Å²) in [7, 11) is -3.90. The molecule has 0 aliphatic heterocycles. The van der Waals surface area contributed by atoms with Gasteiger partial charge in [0.2, 0.25) is 21.8 Å². The molecule has 0 saturated heterocycles. The summed E-state index contributed by atoms with van der Waals surface area (Å²) in [6.45, 7) is 5.10. The Balaban J connectivity index is 2.08. The van der Waals surface area contributed by atoms with Crippen LogP contribution in [0.25, 0.3) is 0 Å². The van der Waals surface area contributed by atoms with E-state index in [9.17, 15) is 18.0 Å². The number of hydrogen-bond donors (Lipinski definition) is 1. The Labute approximate surface area is 240 Å². The van der Waals surface area contributed by atoms with Gasteiger partial charge in [-0.3, -0.25) is 13.9 Å². The van der Waals surface area contributed by atoms with E-state index in [2.05, 4.69) is 5.32 Å². The van der Waals surface area contributed by atoms with Crippen LogP contribution < -0.4 is 9.62 Å². The van der Waals surface area contributed by atoms with Crippen molar-refractivity contribution in [2.24, 2.45) is 0 Å². The molecule has 1 unspecified atom stereocenters. The summed E-state index contributed by atoms with van der Waals surface area (Å²) in [5.41, 5.74) is 1.21. The summed E-state index contributed by atoms with van der Waals surface area (Å²) < 4.78 is 26.6. The van der Waals surface area contributed by atoms with Crippen LogP contribution in [-0.4, -0.2) is 49.5 Å². The van der Waals surface area contributed by atoms with Gasteiger partial charge in [0, 0.05) is 23.5 Å². The van der Waals surface area contributed by atoms with Crippen LogP contribution in [0.2, 0.25) is 10.0 Å². The van der Waals surface area contributed by atoms with E-state index in [-0.39, 0.29) is 29.6 Å². The number of nitrogens with one attached hydrogen (secondary N) is 1. The third-order valence-corrected chi connectivity index (χ3v) is 7.53. The smallest absolute Gasteiger partial charge is 0.244 e. The molecule has 2 amide bonds. The number of hydrogen-bond acceptors (Lipinski definition) is 4. The van der Waals surface area contributed by atoms with Crippen molar-refractivity contribution in [1.82, 2.24) is 10.2 Å². The number of anilines is 1. The molecule has 0 radical (unpaired) electrons. The Kier molecular flexibility index (Phi) is 10.0. The maximum atomic E-state index is 14.0. The molecule has 0 aliphatic carbocycles. The summed E-state index contributed by atoms with van der Waals surface area (Å²) in [6.07, 6.45) is 1.24. The van der Waals surface area contributed by atoms with Gasteiger partial charge >= 0.3 is 0 Å². The highest BCUT2D eigenvalue weighted by Crippen LogP contribution is 2.28. The van der Waals surface area contributed by atoms with Crippen molar-refractivity contribution in [2.45, 2.75) is 45.3 Å². The van der Waals surface area contributed by atoms with E-state index in [1.54, 1.807) is 42.5 Å². The molecule has 39 heavy (non-hydrogen) atoms. The topological polar surface area (TPSA) is 86.8 Å². The van der Waals surface area contributed by atoms with Crippen LogP contribution in [-0.2, 0) is 32.6 Å². The van der Waals surface area contributed by atoms with Crippen molar-refractivity contribution < 1.29 is 18.0 Å². The van der Waals surface area contributed by atoms with Crippen molar-refractivity contribution in [3.63, 3.8) is 0 Å². The summed E-state index contributed by atoms with van der Waals surface area (Å²) >= 11 is 12.4. The normalized spacial score (nSPS) is 12.5. The van der Waals surface area contributed by atoms with Gasteiger partial charge in [-0.2, -0.15) is 0 Å². The van der Waals surface area contributed by atoms with Gasteiger partial charge in [0.15, 0.2) is 0 Å². The molecule has 0 aliphatic rings. The molecule has 0 spiro atoms. The molecule has 3 rings (SSSR count). The standard InChI is InChI=1S/C29H33Cl2N3O4S/c1-29(2,3)32-28(36)26(18-21-10-6-5-7-11-21)33(19-22-14-16-23(30)17-15-22)27(35)20-34(39(4,37)38)25-13-9-8-12-24(25)31/h5-17,26H,18-20H2,1-4H3,(H,32,36). The Bertz CT molecular complexity index is 1390. The molecular formula is C29H33Cl2N3O4S. The maximum Gasteiger partial charge on any atom is 0.244 e. The summed E-state index contributed by atoms with van der Waals surface area (Å²) in [4.78, 5) is 29.1.